The van der Waals surface area contributed by atoms with Crippen LogP contribution in [-0.4, -0.2) is 99.6 Å². The third kappa shape index (κ3) is 49.3. The van der Waals surface area contributed by atoms with Crippen LogP contribution in [0.3, 0.4) is 0 Å². The monoisotopic (exact) mass is 1210 g/mol. The maximum Gasteiger partial charge on any atom is 0.306 e. The second-order valence-corrected chi connectivity index (χ2v) is 23.5. The van der Waals surface area contributed by atoms with Gasteiger partial charge in [-0.25, -0.2) is 0 Å². The Bertz CT molecular complexity index is 1930. The van der Waals surface area contributed by atoms with E-state index in [0.29, 0.717) is 12.8 Å². The van der Waals surface area contributed by atoms with Crippen molar-refractivity contribution in [3.63, 3.8) is 0 Å². The van der Waals surface area contributed by atoms with Gasteiger partial charge in [0.1, 0.15) is 24.4 Å². The summed E-state index contributed by atoms with van der Waals surface area (Å²) in [5.74, 6) is -1.23. The summed E-state index contributed by atoms with van der Waals surface area (Å²) < 4.78 is 17.7. The first-order chi connectivity index (χ1) is 42.7. The van der Waals surface area contributed by atoms with E-state index in [4.69, 9.17) is 14.2 Å². The molecule has 8 atom stereocenters. The van der Waals surface area contributed by atoms with Crippen LogP contribution in [0.5, 0.6) is 0 Å². The molecule has 1 rings (SSSR count). The molecule has 1 fully saturated rings. The lowest BCUT2D eigenvalue weighted by atomic mass is 9.99. The number of carbonyl (C=O) groups is 2. The number of hydrogen-bond acceptors (Lipinski definition) is 10. The third-order valence-electron chi connectivity index (χ3n) is 15.5. The fraction of sp³-hybridized carbons (Fsp3) is 0.684. The summed E-state index contributed by atoms with van der Waals surface area (Å²) in [5.41, 5.74) is 0. The number of rotatable bonds is 58. The van der Waals surface area contributed by atoms with Crippen molar-refractivity contribution in [3.05, 3.63) is 134 Å². The molecule has 11 nitrogen and oxygen atoms in total. The van der Waals surface area contributed by atoms with Gasteiger partial charge in [0.2, 0.25) is 5.91 Å². The summed E-state index contributed by atoms with van der Waals surface area (Å²) in [5, 5.41) is 57.2. The van der Waals surface area contributed by atoms with E-state index in [0.717, 1.165) is 161 Å². The summed E-state index contributed by atoms with van der Waals surface area (Å²) in [4.78, 5) is 26.7. The van der Waals surface area contributed by atoms with Gasteiger partial charge < -0.3 is 45.1 Å². The fourth-order valence-corrected chi connectivity index (χ4v) is 10.0. The van der Waals surface area contributed by atoms with E-state index in [1.165, 1.54) is 64.2 Å². The van der Waals surface area contributed by atoms with Gasteiger partial charge in [-0.15, -0.1) is 0 Å². The van der Waals surface area contributed by atoms with Crippen molar-refractivity contribution < 1.29 is 49.3 Å². The zero-order chi connectivity index (χ0) is 63.1. The van der Waals surface area contributed by atoms with Crippen molar-refractivity contribution in [1.29, 1.82) is 0 Å². The van der Waals surface area contributed by atoms with E-state index >= 15 is 0 Å². The van der Waals surface area contributed by atoms with E-state index in [9.17, 15) is 35.1 Å². The second-order valence-electron chi connectivity index (χ2n) is 23.5. The number of allylic oxidation sites excluding steroid dienone is 21. The molecule has 1 aliphatic rings. The molecule has 1 heterocycles. The average Bonchev–Trinajstić information content (AvgIpc) is 3.12. The van der Waals surface area contributed by atoms with Crippen LogP contribution >= 0.6 is 0 Å². The van der Waals surface area contributed by atoms with Crippen molar-refractivity contribution in [2.75, 3.05) is 13.2 Å². The summed E-state index contributed by atoms with van der Waals surface area (Å²) in [6.07, 6.45) is 77.6. The molecule has 0 aliphatic carbocycles. The molecule has 1 saturated heterocycles. The Labute approximate surface area is 531 Å². The molecule has 6 N–H and O–H groups in total. The van der Waals surface area contributed by atoms with E-state index in [2.05, 4.69) is 148 Å². The predicted octanol–water partition coefficient (Wildman–Crippen LogP) is 18.0. The zero-order valence-electron chi connectivity index (χ0n) is 55.1. The van der Waals surface area contributed by atoms with Crippen LogP contribution in [0.15, 0.2) is 134 Å². The first-order valence-corrected chi connectivity index (χ1v) is 35.0. The molecule has 0 aromatic heterocycles. The Kier molecular flexibility index (Phi) is 57.6. The van der Waals surface area contributed by atoms with Gasteiger partial charge >= 0.3 is 5.97 Å². The van der Waals surface area contributed by atoms with Crippen LogP contribution in [0.2, 0.25) is 0 Å². The molecule has 1 aliphatic heterocycles. The average molecular weight is 1210 g/mol. The van der Waals surface area contributed by atoms with Gasteiger partial charge in [-0.3, -0.25) is 9.59 Å². The highest BCUT2D eigenvalue weighted by Crippen LogP contribution is 2.26. The lowest BCUT2D eigenvalue weighted by molar-refractivity contribution is -0.305. The molecule has 87 heavy (non-hydrogen) atoms. The number of aliphatic hydroxyl groups is 5. The number of amides is 1. The van der Waals surface area contributed by atoms with E-state index in [1.807, 2.05) is 6.08 Å². The summed E-state index contributed by atoms with van der Waals surface area (Å²) in [7, 11) is 0. The Morgan fingerprint density at radius 3 is 1.26 bits per heavy atom. The largest absolute Gasteiger partial charge is 0.454 e. The van der Waals surface area contributed by atoms with Crippen molar-refractivity contribution in [2.24, 2.45) is 0 Å². The molecule has 0 radical (unpaired) electrons. The van der Waals surface area contributed by atoms with Gasteiger partial charge in [-0.2, -0.15) is 0 Å². The molecule has 0 spiro atoms. The second kappa shape index (κ2) is 62.0. The molecule has 0 saturated carbocycles. The Hall–Kier alpha value is -4.20. The van der Waals surface area contributed by atoms with E-state index in [-0.39, 0.29) is 19.4 Å². The SMILES string of the molecule is CC/C=C\C/C=C\C/C=C\C/C=C\C/C=C\C/C=C\CCCCCCCCC(=O)OC1C(OCC(NC(=O)C(O)CCCCCCCC/C=C\C/C=C\C/C=C\C/C=C\CCCCC)C(O)/C=C/CCCCCCCCCCC)OC(CO)C(O)C1O. The first kappa shape index (κ1) is 80.8. The zero-order valence-corrected chi connectivity index (χ0v) is 55.1. The van der Waals surface area contributed by atoms with Gasteiger partial charge in [0.05, 0.1) is 25.4 Å². The van der Waals surface area contributed by atoms with Crippen LogP contribution in [0.1, 0.15) is 271 Å². The molecule has 8 unspecified atom stereocenters. The van der Waals surface area contributed by atoms with Gasteiger partial charge in [0.15, 0.2) is 12.4 Å². The van der Waals surface area contributed by atoms with Crippen LogP contribution in [0.4, 0.5) is 0 Å². The smallest absolute Gasteiger partial charge is 0.306 e. The topological polar surface area (TPSA) is 175 Å². The van der Waals surface area contributed by atoms with Crippen molar-refractivity contribution in [2.45, 2.75) is 320 Å². The first-order valence-electron chi connectivity index (χ1n) is 35.0. The lowest BCUT2D eigenvalue weighted by Gasteiger charge is -2.41. The quantitative estimate of drug-likeness (QED) is 0.0195. The number of aliphatic hydroxyl groups excluding tert-OH is 5. The highest BCUT2D eigenvalue weighted by atomic mass is 16.7. The number of esters is 1. The molecule has 11 heteroatoms. The Morgan fingerprint density at radius 2 is 0.828 bits per heavy atom. The van der Waals surface area contributed by atoms with E-state index in [1.54, 1.807) is 6.08 Å². The summed E-state index contributed by atoms with van der Waals surface area (Å²) in [6, 6.07) is -1.04. The maximum atomic E-state index is 13.5. The standard InChI is InChI=1S/C76H127NO10/c1-4-7-10-13-16-19-22-24-26-28-30-32-34-35-36-38-40-42-44-46-49-52-55-58-61-64-71(81)87-74-73(83)72(82)70(65-78)86-76(74)85-66-67(68(79)62-59-56-53-50-47-21-18-15-12-9-6-3)77-75(84)69(80)63-60-57-54-51-48-45-43-41-39-37-33-31-29-27-25-23-20-17-14-11-8-5-2/h7,10,16-17,19-20,24-27,30-33,35-36,39-42,59,62,67-70,72-74,76,78-80,82-83H,4-6,8-9,11-15,18,21-23,28-29,34,37-38,43-58,60-61,63-66H2,1-3H3,(H,77,84)/b10-7-,19-16-,20-17-,26-24-,27-25-,32-30-,33-31-,36-35-,41-39-,42-40-,62-59+. The molecular formula is C76H127NO10. The van der Waals surface area contributed by atoms with Crippen molar-refractivity contribution in [1.82, 2.24) is 5.32 Å². The summed E-state index contributed by atoms with van der Waals surface area (Å²) in [6.45, 7) is 5.63. The number of unbranched alkanes of at least 4 members (excludes halogenated alkanes) is 24. The molecule has 0 aromatic rings. The molecule has 1 amide bonds. The van der Waals surface area contributed by atoms with Crippen molar-refractivity contribution >= 4 is 11.9 Å². The molecule has 496 valence electrons. The number of ether oxygens (including phenoxy) is 3. The highest BCUT2D eigenvalue weighted by molar-refractivity contribution is 5.80. The van der Waals surface area contributed by atoms with Gasteiger partial charge in [0.25, 0.3) is 0 Å². The lowest BCUT2D eigenvalue weighted by Crippen LogP contribution is -2.61. The fourth-order valence-electron chi connectivity index (χ4n) is 10.0. The van der Waals surface area contributed by atoms with Crippen LogP contribution < -0.4 is 5.32 Å². The Balaban J connectivity index is 2.61. The minimum absolute atomic E-state index is 0.0970. The van der Waals surface area contributed by atoms with Crippen molar-refractivity contribution in [3.8, 4) is 0 Å². The van der Waals surface area contributed by atoms with Crippen LogP contribution in [-0.2, 0) is 23.8 Å². The van der Waals surface area contributed by atoms with Crippen LogP contribution in [0.25, 0.3) is 0 Å². The van der Waals surface area contributed by atoms with E-state index < -0.39 is 67.4 Å². The minimum atomic E-state index is -1.63. The number of nitrogens with one attached hydrogen (secondary N) is 1. The van der Waals surface area contributed by atoms with Gasteiger partial charge in [-0.05, 0) is 122 Å². The summed E-state index contributed by atoms with van der Waals surface area (Å²) >= 11 is 0. The molecule has 0 bridgehead atoms. The third-order valence-corrected chi connectivity index (χ3v) is 15.5. The molecule has 0 aromatic carbocycles. The molecular weight excluding hydrogens is 1090 g/mol. The van der Waals surface area contributed by atoms with Gasteiger partial charge in [0, 0.05) is 6.42 Å². The normalized spacial score (nSPS) is 19.1. The highest BCUT2D eigenvalue weighted by Gasteiger charge is 2.47. The minimum Gasteiger partial charge on any atom is -0.454 e. The van der Waals surface area contributed by atoms with Gasteiger partial charge in [-0.1, -0.05) is 276 Å². The Morgan fingerprint density at radius 1 is 0.460 bits per heavy atom. The number of hydrogen-bond donors (Lipinski definition) is 6. The predicted molar refractivity (Wildman–Crippen MR) is 365 cm³/mol. The number of carbonyl (C=O) groups excluding carboxylic acids is 2. The van der Waals surface area contributed by atoms with Crippen LogP contribution in [0, 0.1) is 0 Å². The maximum absolute atomic E-state index is 13.5.